The van der Waals surface area contributed by atoms with Crippen LogP contribution in [0.2, 0.25) is 5.02 Å². The van der Waals surface area contributed by atoms with E-state index in [0.717, 1.165) is 0 Å². The predicted octanol–water partition coefficient (Wildman–Crippen LogP) is 2.75. The fourth-order valence-corrected chi connectivity index (χ4v) is 4.15. The van der Waals surface area contributed by atoms with E-state index in [1.807, 2.05) is 0 Å². The summed E-state index contributed by atoms with van der Waals surface area (Å²) in [5, 5.41) is 27.8. The number of benzene rings is 2. The zero-order valence-electron chi connectivity index (χ0n) is 21.9. The van der Waals surface area contributed by atoms with Crippen molar-refractivity contribution < 1.29 is 32.6 Å². The predicted molar refractivity (Wildman–Crippen MR) is 154 cm³/mol. The van der Waals surface area contributed by atoms with Gasteiger partial charge >= 0.3 is 5.97 Å². The number of amides is 1. The normalized spacial score (nSPS) is 11.0. The summed E-state index contributed by atoms with van der Waals surface area (Å²) in [5.74, 6) is -1.88. The molecule has 0 aliphatic carbocycles. The van der Waals surface area contributed by atoms with Crippen molar-refractivity contribution in [1.82, 2.24) is 4.98 Å². The fraction of sp³-hybridized carbons (Fsp3) is 0.200. The van der Waals surface area contributed by atoms with Crippen LogP contribution in [0.5, 0.6) is 11.5 Å². The molecule has 14 nitrogen and oxygen atoms in total. The number of hydrogen-bond acceptors (Lipinski definition) is 9. The van der Waals surface area contributed by atoms with Crippen molar-refractivity contribution in [3.8, 4) is 11.5 Å². The Kier molecular flexibility index (Phi) is 9.94. The maximum absolute atomic E-state index is 13.1. The van der Waals surface area contributed by atoms with Gasteiger partial charge in [0, 0.05) is 28.9 Å². The van der Waals surface area contributed by atoms with Gasteiger partial charge in [0.05, 0.1) is 29.2 Å². The Morgan fingerprint density at radius 3 is 2.46 bits per heavy atom. The summed E-state index contributed by atoms with van der Waals surface area (Å²) in [6.45, 7) is 2.68. The van der Waals surface area contributed by atoms with Gasteiger partial charge in [-0.2, -0.15) is 8.42 Å². The van der Waals surface area contributed by atoms with E-state index in [9.17, 15) is 23.1 Å². The highest BCUT2D eigenvalue weighted by molar-refractivity contribution is 7.90. The number of ether oxygens (including phenoxy) is 2. The van der Waals surface area contributed by atoms with E-state index < -0.39 is 28.7 Å². The first-order valence-electron chi connectivity index (χ1n) is 11.9. The van der Waals surface area contributed by atoms with Gasteiger partial charge in [-0.25, -0.2) is 9.93 Å². The molecule has 0 radical (unpaired) electrons. The standard InChI is InChI=1S/C25H28ClN7O7S/c1-13(2)40-21-9-17(33-41(29,37)38)7-14(23(21)39-12-22(34)35)10-30-19-5-3-15(26)8-18(19)25(36)32-16-4-6-20(24(27)28)31-11-16/h3-9,11,13,30,33H,10,12H2,1-2H3,(H3,27,28)(H,32,36)(H,34,35)(H2,29,37,38). The maximum atomic E-state index is 13.1. The van der Waals surface area contributed by atoms with Crippen molar-refractivity contribution in [2.45, 2.75) is 26.5 Å². The molecule has 3 aromatic rings. The van der Waals surface area contributed by atoms with Gasteiger partial charge in [-0.3, -0.25) is 19.9 Å². The number of nitrogens with zero attached hydrogens (tertiary/aromatic N) is 1. The Morgan fingerprint density at radius 2 is 1.88 bits per heavy atom. The number of rotatable bonds is 13. The van der Waals surface area contributed by atoms with Gasteiger partial charge in [0.1, 0.15) is 11.5 Å². The lowest BCUT2D eigenvalue weighted by atomic mass is 10.1. The van der Waals surface area contributed by atoms with Crippen LogP contribution in [-0.4, -0.2) is 48.9 Å². The highest BCUT2D eigenvalue weighted by Crippen LogP contribution is 2.37. The zero-order valence-corrected chi connectivity index (χ0v) is 23.5. The van der Waals surface area contributed by atoms with Gasteiger partial charge in [0.15, 0.2) is 18.1 Å². The van der Waals surface area contributed by atoms with Gasteiger partial charge in [0.2, 0.25) is 0 Å². The number of anilines is 3. The molecule has 0 saturated carbocycles. The van der Waals surface area contributed by atoms with Gasteiger partial charge in [-0.15, -0.1) is 0 Å². The van der Waals surface area contributed by atoms with Crippen molar-refractivity contribution in [2.75, 3.05) is 22.0 Å². The lowest BCUT2D eigenvalue weighted by molar-refractivity contribution is -0.139. The van der Waals surface area contributed by atoms with Gasteiger partial charge in [0.25, 0.3) is 16.1 Å². The van der Waals surface area contributed by atoms with E-state index >= 15 is 0 Å². The number of carboxylic acids is 1. The van der Waals surface area contributed by atoms with Crippen LogP contribution in [0, 0.1) is 5.41 Å². The van der Waals surface area contributed by atoms with Crippen LogP contribution in [0.25, 0.3) is 0 Å². The number of halogens is 1. The Bertz CT molecular complexity index is 1570. The lowest BCUT2D eigenvalue weighted by Gasteiger charge is -2.20. The van der Waals surface area contributed by atoms with Crippen LogP contribution in [0.1, 0.15) is 35.5 Å². The number of amidine groups is 1. The molecule has 16 heteroatoms. The molecule has 9 N–H and O–H groups in total. The number of nitrogen functional groups attached to an aromatic ring is 1. The number of nitrogens with one attached hydrogen (secondary N) is 4. The summed E-state index contributed by atoms with van der Waals surface area (Å²) in [6.07, 6.45) is 0.969. The number of nitrogens with two attached hydrogens (primary N) is 2. The molecular weight excluding hydrogens is 578 g/mol. The molecule has 1 heterocycles. The van der Waals surface area contributed by atoms with Gasteiger partial charge in [-0.05, 0) is 50.2 Å². The zero-order chi connectivity index (χ0) is 30.3. The van der Waals surface area contributed by atoms with E-state index in [1.54, 1.807) is 26.0 Å². The van der Waals surface area contributed by atoms with Crippen LogP contribution in [0.15, 0.2) is 48.7 Å². The molecule has 0 saturated heterocycles. The Morgan fingerprint density at radius 1 is 1.15 bits per heavy atom. The highest BCUT2D eigenvalue weighted by Gasteiger charge is 2.20. The van der Waals surface area contributed by atoms with E-state index in [-0.39, 0.29) is 52.0 Å². The minimum atomic E-state index is -4.16. The van der Waals surface area contributed by atoms with Crippen molar-refractivity contribution in [3.05, 3.63) is 70.5 Å². The second-order valence-corrected chi connectivity index (χ2v) is 10.5. The topological polar surface area (TPSA) is 232 Å². The number of aliphatic carboxylic acids is 1. The quantitative estimate of drug-likeness (QED) is 0.111. The smallest absolute Gasteiger partial charge is 0.341 e. The summed E-state index contributed by atoms with van der Waals surface area (Å²) in [5.41, 5.74) is 6.82. The molecule has 3 rings (SSSR count). The fourth-order valence-electron chi connectivity index (χ4n) is 3.53. The molecular formula is C25H28ClN7O7S. The number of hydrogen-bond donors (Lipinski definition) is 7. The summed E-state index contributed by atoms with van der Waals surface area (Å²) in [7, 11) is -4.16. The number of carboxylic acid groups (broad SMARTS) is 1. The van der Waals surface area contributed by atoms with Gasteiger partial charge in [-0.1, -0.05) is 11.6 Å². The van der Waals surface area contributed by atoms with Crippen molar-refractivity contribution >= 4 is 56.6 Å². The second-order valence-electron chi connectivity index (χ2n) is 8.80. The largest absolute Gasteiger partial charge is 0.487 e. The van der Waals surface area contributed by atoms with Crippen LogP contribution >= 0.6 is 11.6 Å². The average molecular weight is 606 g/mol. The Labute approximate surface area is 240 Å². The number of carbonyl (C=O) groups excluding carboxylic acids is 1. The minimum absolute atomic E-state index is 0.0400. The van der Waals surface area contributed by atoms with Crippen LogP contribution < -0.4 is 35.7 Å². The number of aromatic nitrogens is 1. The maximum Gasteiger partial charge on any atom is 0.341 e. The molecule has 1 amide bonds. The highest BCUT2D eigenvalue weighted by atomic mass is 35.5. The van der Waals surface area contributed by atoms with Crippen LogP contribution in [0.3, 0.4) is 0 Å². The Hall–Kier alpha value is -4.60. The third-order valence-corrected chi connectivity index (χ3v) is 5.84. The molecule has 218 valence electrons. The van der Waals surface area contributed by atoms with Crippen molar-refractivity contribution in [3.63, 3.8) is 0 Å². The molecule has 0 spiro atoms. The molecule has 1 aromatic heterocycles. The molecule has 0 aliphatic heterocycles. The number of carbonyl (C=O) groups is 2. The second kappa shape index (κ2) is 13.2. The van der Waals surface area contributed by atoms with Gasteiger partial charge < -0.3 is 30.9 Å². The van der Waals surface area contributed by atoms with Crippen molar-refractivity contribution in [2.24, 2.45) is 10.9 Å². The van der Waals surface area contributed by atoms with Crippen molar-refractivity contribution in [1.29, 1.82) is 5.41 Å². The lowest BCUT2D eigenvalue weighted by Crippen LogP contribution is -2.22. The minimum Gasteiger partial charge on any atom is -0.487 e. The first-order valence-corrected chi connectivity index (χ1v) is 13.8. The summed E-state index contributed by atoms with van der Waals surface area (Å²) in [4.78, 5) is 28.4. The van der Waals surface area contributed by atoms with E-state index in [2.05, 4.69) is 20.3 Å². The number of pyridine rings is 1. The third kappa shape index (κ3) is 9.23. The monoisotopic (exact) mass is 605 g/mol. The molecule has 0 atom stereocenters. The molecule has 41 heavy (non-hydrogen) atoms. The first kappa shape index (κ1) is 30.9. The molecule has 2 aromatic carbocycles. The Balaban J connectivity index is 1.96. The van der Waals surface area contributed by atoms with E-state index in [0.29, 0.717) is 16.9 Å². The summed E-state index contributed by atoms with van der Waals surface area (Å²) >= 11 is 6.16. The summed E-state index contributed by atoms with van der Waals surface area (Å²) in [6, 6.07) is 10.3. The SMILES string of the molecule is CC(C)Oc1cc(NS(N)(=O)=O)cc(CNc2ccc(Cl)cc2C(=O)Nc2ccc(C(=N)N)nc2)c1OCC(=O)O. The average Bonchev–Trinajstić information content (AvgIpc) is 2.86. The van der Waals surface area contributed by atoms with E-state index in [4.69, 9.17) is 37.4 Å². The third-order valence-electron chi connectivity index (χ3n) is 5.09. The molecule has 0 unspecified atom stereocenters. The molecule has 0 aliphatic rings. The van der Waals surface area contributed by atoms with E-state index in [1.165, 1.54) is 36.5 Å². The van der Waals surface area contributed by atoms with Crippen LogP contribution in [0.4, 0.5) is 17.1 Å². The molecule has 0 fully saturated rings. The van der Waals surface area contributed by atoms with Crippen LogP contribution in [-0.2, 0) is 21.5 Å². The molecule has 0 bridgehead atoms. The first-order chi connectivity index (χ1) is 19.2. The summed E-state index contributed by atoms with van der Waals surface area (Å²) < 4.78 is 36.8.